The van der Waals surface area contributed by atoms with E-state index >= 15 is 0 Å². The van der Waals surface area contributed by atoms with Crippen LogP contribution in [0.15, 0.2) is 24.4 Å². The maximum Gasteiger partial charge on any atom is 0.0837 e. The highest BCUT2D eigenvalue weighted by Crippen LogP contribution is 2.43. The lowest BCUT2D eigenvalue weighted by Gasteiger charge is -2.09. The van der Waals surface area contributed by atoms with E-state index in [9.17, 15) is 0 Å². The van der Waals surface area contributed by atoms with Crippen LogP contribution in [0.5, 0.6) is 0 Å². The van der Waals surface area contributed by atoms with Crippen molar-refractivity contribution in [3.8, 4) is 5.69 Å². The molecule has 3 nitrogen and oxygen atoms in total. The van der Waals surface area contributed by atoms with Crippen LogP contribution in [0.1, 0.15) is 24.5 Å². The van der Waals surface area contributed by atoms with Crippen LogP contribution in [0.2, 0.25) is 10.0 Å². The maximum atomic E-state index is 6.18. The van der Waals surface area contributed by atoms with Crippen molar-refractivity contribution >= 4 is 28.9 Å². The molecule has 1 aliphatic rings. The average molecular weight is 268 g/mol. The highest BCUT2D eigenvalue weighted by atomic mass is 35.5. The lowest BCUT2D eigenvalue weighted by molar-refractivity contribution is 0.809. The molecule has 17 heavy (non-hydrogen) atoms. The molecule has 88 valence electrons. The SMILES string of the molecule is Nc1cnn(-c2ccc(Cl)cc2Cl)c1C1CC1. The smallest absolute Gasteiger partial charge is 0.0837 e. The lowest BCUT2D eigenvalue weighted by atomic mass is 10.2. The Hall–Kier alpha value is -1.19. The summed E-state index contributed by atoms with van der Waals surface area (Å²) in [6.45, 7) is 0. The van der Waals surface area contributed by atoms with Crippen LogP contribution in [-0.4, -0.2) is 9.78 Å². The fourth-order valence-electron chi connectivity index (χ4n) is 1.98. The van der Waals surface area contributed by atoms with Crippen molar-refractivity contribution in [2.75, 3.05) is 5.73 Å². The summed E-state index contributed by atoms with van der Waals surface area (Å²) in [5.74, 6) is 0.518. The third kappa shape index (κ3) is 1.90. The first-order valence-corrected chi connectivity index (χ1v) is 6.21. The van der Waals surface area contributed by atoms with E-state index < -0.39 is 0 Å². The molecule has 0 amide bonds. The highest BCUT2D eigenvalue weighted by molar-refractivity contribution is 6.35. The van der Waals surface area contributed by atoms with Crippen LogP contribution < -0.4 is 5.73 Å². The molecule has 1 aromatic carbocycles. The van der Waals surface area contributed by atoms with Gasteiger partial charge in [-0.05, 0) is 31.0 Å². The van der Waals surface area contributed by atoms with Crippen LogP contribution in [-0.2, 0) is 0 Å². The predicted molar refractivity (Wildman–Crippen MR) is 70.0 cm³/mol. The molecule has 0 aliphatic heterocycles. The molecular weight excluding hydrogens is 257 g/mol. The molecule has 0 unspecified atom stereocenters. The molecule has 0 radical (unpaired) electrons. The Morgan fingerprint density at radius 3 is 2.71 bits per heavy atom. The van der Waals surface area contributed by atoms with Gasteiger partial charge in [-0.3, -0.25) is 0 Å². The normalized spacial score (nSPS) is 15.2. The second-order valence-corrected chi connectivity index (χ2v) is 5.11. The summed E-state index contributed by atoms with van der Waals surface area (Å²) in [6.07, 6.45) is 4.01. The molecule has 3 rings (SSSR count). The molecule has 0 saturated heterocycles. The molecule has 1 saturated carbocycles. The Kier molecular flexibility index (Phi) is 2.53. The van der Waals surface area contributed by atoms with Crippen LogP contribution in [0.25, 0.3) is 5.69 Å². The summed E-state index contributed by atoms with van der Waals surface area (Å²) in [7, 11) is 0. The van der Waals surface area contributed by atoms with Gasteiger partial charge in [0.25, 0.3) is 0 Å². The number of anilines is 1. The zero-order chi connectivity index (χ0) is 12.0. The van der Waals surface area contributed by atoms with E-state index in [-0.39, 0.29) is 0 Å². The quantitative estimate of drug-likeness (QED) is 0.903. The topological polar surface area (TPSA) is 43.8 Å². The molecule has 0 bridgehead atoms. The Bertz CT molecular complexity index is 573. The van der Waals surface area contributed by atoms with E-state index in [0.29, 0.717) is 16.0 Å². The third-order valence-corrected chi connectivity index (χ3v) is 3.48. The van der Waals surface area contributed by atoms with Gasteiger partial charge in [0.15, 0.2) is 0 Å². The van der Waals surface area contributed by atoms with E-state index in [1.165, 1.54) is 12.8 Å². The minimum Gasteiger partial charge on any atom is -0.396 e. The van der Waals surface area contributed by atoms with Crippen LogP contribution in [0.3, 0.4) is 0 Å². The summed E-state index contributed by atoms with van der Waals surface area (Å²) in [6, 6.07) is 5.38. The molecule has 5 heteroatoms. The average Bonchev–Trinajstić information content (AvgIpc) is 3.03. The first-order valence-electron chi connectivity index (χ1n) is 5.45. The van der Waals surface area contributed by atoms with Crippen molar-refractivity contribution < 1.29 is 0 Å². The molecule has 0 spiro atoms. The van der Waals surface area contributed by atoms with Crippen LogP contribution in [0.4, 0.5) is 5.69 Å². The summed E-state index contributed by atoms with van der Waals surface area (Å²) in [4.78, 5) is 0. The molecule has 1 heterocycles. The van der Waals surface area contributed by atoms with Crippen molar-refractivity contribution in [3.05, 3.63) is 40.1 Å². The highest BCUT2D eigenvalue weighted by Gasteiger charge is 2.30. The van der Waals surface area contributed by atoms with Crippen molar-refractivity contribution in [3.63, 3.8) is 0 Å². The van der Waals surface area contributed by atoms with Gasteiger partial charge in [0, 0.05) is 10.9 Å². The molecule has 2 N–H and O–H groups in total. The van der Waals surface area contributed by atoms with E-state index in [1.54, 1.807) is 18.3 Å². The van der Waals surface area contributed by atoms with E-state index in [0.717, 1.165) is 17.1 Å². The number of rotatable bonds is 2. The standard InChI is InChI=1S/C12H11Cl2N3/c13-8-3-4-11(9(14)5-8)17-12(7-1-2-7)10(15)6-16-17/h3-7H,1-2,15H2. The van der Waals surface area contributed by atoms with Gasteiger partial charge in [-0.25, -0.2) is 4.68 Å². The summed E-state index contributed by atoms with van der Waals surface area (Å²) in [5, 5.41) is 5.50. The zero-order valence-electron chi connectivity index (χ0n) is 9.03. The molecule has 1 fully saturated rings. The lowest BCUT2D eigenvalue weighted by Crippen LogP contribution is -2.03. The van der Waals surface area contributed by atoms with Crippen LogP contribution >= 0.6 is 23.2 Å². The summed E-state index contributed by atoms with van der Waals surface area (Å²) < 4.78 is 1.83. The first-order chi connectivity index (χ1) is 8.16. The Labute approximate surface area is 109 Å². The number of nitrogens with zero attached hydrogens (tertiary/aromatic N) is 2. The van der Waals surface area contributed by atoms with Gasteiger partial charge in [-0.2, -0.15) is 5.10 Å². The van der Waals surface area contributed by atoms with Gasteiger partial charge in [0.05, 0.1) is 28.3 Å². The Morgan fingerprint density at radius 2 is 2.06 bits per heavy atom. The number of hydrogen-bond acceptors (Lipinski definition) is 2. The number of nitrogen functional groups attached to an aromatic ring is 1. The number of nitrogens with two attached hydrogens (primary N) is 1. The van der Waals surface area contributed by atoms with Crippen molar-refractivity contribution in [1.29, 1.82) is 0 Å². The van der Waals surface area contributed by atoms with Gasteiger partial charge in [0.1, 0.15) is 0 Å². The van der Waals surface area contributed by atoms with Gasteiger partial charge in [-0.1, -0.05) is 23.2 Å². The molecule has 0 atom stereocenters. The molecule has 1 aromatic heterocycles. The largest absolute Gasteiger partial charge is 0.396 e. The summed E-state index contributed by atoms with van der Waals surface area (Å²) >= 11 is 12.1. The monoisotopic (exact) mass is 267 g/mol. The fraction of sp³-hybridized carbons (Fsp3) is 0.250. The first kappa shape index (κ1) is 10.9. The second-order valence-electron chi connectivity index (χ2n) is 4.27. The predicted octanol–water partition coefficient (Wildman–Crippen LogP) is 3.64. The summed E-state index contributed by atoms with van der Waals surface area (Å²) in [5.41, 5.74) is 8.57. The Morgan fingerprint density at radius 1 is 1.29 bits per heavy atom. The van der Waals surface area contributed by atoms with E-state index in [4.69, 9.17) is 28.9 Å². The molecular formula is C12H11Cl2N3. The van der Waals surface area contributed by atoms with E-state index in [1.807, 2.05) is 10.7 Å². The minimum atomic E-state index is 0.518. The zero-order valence-corrected chi connectivity index (χ0v) is 10.5. The fourth-order valence-corrected chi connectivity index (χ4v) is 2.47. The van der Waals surface area contributed by atoms with Crippen LogP contribution in [0, 0.1) is 0 Å². The van der Waals surface area contributed by atoms with Gasteiger partial charge in [-0.15, -0.1) is 0 Å². The number of benzene rings is 1. The third-order valence-electron chi connectivity index (χ3n) is 2.94. The maximum absolute atomic E-state index is 6.18. The van der Waals surface area contributed by atoms with Crippen molar-refractivity contribution in [2.45, 2.75) is 18.8 Å². The number of hydrogen-bond donors (Lipinski definition) is 1. The minimum absolute atomic E-state index is 0.518. The van der Waals surface area contributed by atoms with Crippen molar-refractivity contribution in [2.24, 2.45) is 0 Å². The van der Waals surface area contributed by atoms with Gasteiger partial charge < -0.3 is 5.73 Å². The van der Waals surface area contributed by atoms with Gasteiger partial charge >= 0.3 is 0 Å². The molecule has 1 aliphatic carbocycles. The number of halogens is 2. The van der Waals surface area contributed by atoms with Gasteiger partial charge in [0.2, 0.25) is 0 Å². The second kappa shape index (κ2) is 3.93. The number of aromatic nitrogens is 2. The Balaban J connectivity index is 2.14. The molecule has 2 aromatic rings. The van der Waals surface area contributed by atoms with Crippen molar-refractivity contribution in [1.82, 2.24) is 9.78 Å². The van der Waals surface area contributed by atoms with E-state index in [2.05, 4.69) is 5.10 Å².